The van der Waals surface area contributed by atoms with Gasteiger partial charge in [0.1, 0.15) is 18.3 Å². The highest BCUT2D eigenvalue weighted by Gasteiger charge is 2.27. The van der Waals surface area contributed by atoms with E-state index in [1.54, 1.807) is 0 Å². The summed E-state index contributed by atoms with van der Waals surface area (Å²) >= 11 is 0. The number of nitrogens with one attached hydrogen (secondary N) is 1. The molecular weight excluding hydrogens is 360 g/mol. The lowest BCUT2D eigenvalue weighted by molar-refractivity contribution is -0.142. The summed E-state index contributed by atoms with van der Waals surface area (Å²) in [6.07, 6.45) is 2.34. The van der Waals surface area contributed by atoms with Gasteiger partial charge in [0.2, 0.25) is 0 Å². The van der Waals surface area contributed by atoms with Crippen LogP contribution in [0.4, 0.5) is 0 Å². The lowest BCUT2D eigenvalue weighted by Crippen LogP contribution is -2.48. The number of nitrogens with zero attached hydrogens (tertiary/aromatic N) is 1. The largest absolute Gasteiger partial charge is 0.480 e. The molecule has 2 atom stereocenters. The Morgan fingerprint density at radius 1 is 1.07 bits per heavy atom. The van der Waals surface area contributed by atoms with Gasteiger partial charge in [-0.1, -0.05) is 43.2 Å². The van der Waals surface area contributed by atoms with Gasteiger partial charge in [-0.3, -0.25) is 14.9 Å². The van der Waals surface area contributed by atoms with E-state index in [4.69, 9.17) is 4.42 Å². The Bertz CT molecular complexity index is 808. The Labute approximate surface area is 164 Å². The second kappa shape index (κ2) is 9.50. The Kier molecular flexibility index (Phi) is 7.34. The summed E-state index contributed by atoms with van der Waals surface area (Å²) in [6, 6.07) is 4.22. The smallest absolute Gasteiger partial charge is 0.321 e. The molecule has 1 heterocycles. The highest BCUT2D eigenvalue weighted by atomic mass is 16.4. The lowest BCUT2D eigenvalue weighted by atomic mass is 10.0. The van der Waals surface area contributed by atoms with E-state index in [0.717, 1.165) is 16.7 Å². The van der Waals surface area contributed by atoms with Gasteiger partial charge < -0.3 is 14.6 Å². The normalized spacial score (nSPS) is 13.5. The molecule has 7 nitrogen and oxygen atoms in total. The molecule has 0 aliphatic rings. The molecule has 2 aromatic rings. The van der Waals surface area contributed by atoms with Crippen molar-refractivity contribution in [1.82, 2.24) is 10.3 Å². The van der Waals surface area contributed by atoms with Gasteiger partial charge in [-0.05, 0) is 31.7 Å². The van der Waals surface area contributed by atoms with Gasteiger partial charge in [0.25, 0.3) is 0 Å². The van der Waals surface area contributed by atoms with Gasteiger partial charge in [0, 0.05) is 12.8 Å². The maximum Gasteiger partial charge on any atom is 0.321 e. The first-order chi connectivity index (χ1) is 13.1. The topological polar surface area (TPSA) is 113 Å². The van der Waals surface area contributed by atoms with E-state index >= 15 is 0 Å². The fourth-order valence-electron chi connectivity index (χ4n) is 3.25. The molecule has 0 spiro atoms. The molecule has 152 valence electrons. The van der Waals surface area contributed by atoms with Crippen LogP contribution in [0.3, 0.4) is 0 Å². The fourth-order valence-corrected chi connectivity index (χ4v) is 3.25. The van der Waals surface area contributed by atoms with E-state index in [2.05, 4.69) is 28.5 Å². The van der Waals surface area contributed by atoms with Crippen molar-refractivity contribution < 1.29 is 24.2 Å². The fraction of sp³-hybridized carbons (Fsp3) is 0.476. The van der Waals surface area contributed by atoms with E-state index in [1.165, 1.54) is 6.26 Å². The maximum atomic E-state index is 11.6. The zero-order valence-electron chi connectivity index (χ0n) is 16.7. The number of hydrogen-bond donors (Lipinski definition) is 3. The molecule has 0 fully saturated rings. The lowest BCUT2D eigenvalue weighted by Gasteiger charge is -2.21. The van der Waals surface area contributed by atoms with Gasteiger partial charge in [-0.15, -0.1) is 0 Å². The van der Waals surface area contributed by atoms with Crippen molar-refractivity contribution in [2.75, 3.05) is 0 Å². The van der Waals surface area contributed by atoms with Crippen LogP contribution in [0.25, 0.3) is 0 Å². The van der Waals surface area contributed by atoms with E-state index in [-0.39, 0.29) is 12.3 Å². The van der Waals surface area contributed by atoms with Crippen LogP contribution in [0.15, 0.2) is 28.9 Å². The van der Waals surface area contributed by atoms with Crippen molar-refractivity contribution in [2.24, 2.45) is 5.92 Å². The van der Waals surface area contributed by atoms with Crippen LogP contribution in [0.2, 0.25) is 0 Å². The van der Waals surface area contributed by atoms with Crippen molar-refractivity contribution in [2.45, 2.75) is 59.0 Å². The molecule has 0 unspecified atom stereocenters. The predicted octanol–water partition coefficient (Wildman–Crippen LogP) is 2.97. The first kappa shape index (κ1) is 21.6. The number of aliphatic carboxylic acids is 2. The first-order valence-corrected chi connectivity index (χ1v) is 9.36. The van der Waals surface area contributed by atoms with Crippen molar-refractivity contribution in [3.05, 3.63) is 52.7 Å². The molecule has 1 aromatic heterocycles. The molecular formula is C21H28N2O5. The zero-order chi connectivity index (χ0) is 20.8. The van der Waals surface area contributed by atoms with E-state index < -0.39 is 24.0 Å². The summed E-state index contributed by atoms with van der Waals surface area (Å²) in [4.78, 5) is 27.4. The van der Waals surface area contributed by atoms with Crippen LogP contribution in [-0.4, -0.2) is 39.2 Å². The van der Waals surface area contributed by atoms with Gasteiger partial charge in [0.15, 0.2) is 5.89 Å². The number of carboxylic acid groups (broad SMARTS) is 2. The third-order valence-corrected chi connectivity index (χ3v) is 4.36. The molecule has 0 amide bonds. The summed E-state index contributed by atoms with van der Waals surface area (Å²) in [5.74, 6) is -1.55. The Morgan fingerprint density at radius 2 is 1.68 bits per heavy atom. The number of carbonyl (C=O) groups is 2. The van der Waals surface area contributed by atoms with E-state index in [0.29, 0.717) is 24.4 Å². The second-order valence-electron chi connectivity index (χ2n) is 7.69. The number of aromatic nitrogens is 1. The molecule has 0 aliphatic carbocycles. The second-order valence-corrected chi connectivity index (χ2v) is 7.69. The number of rotatable bonds is 10. The third-order valence-electron chi connectivity index (χ3n) is 4.36. The molecule has 0 aliphatic heterocycles. The maximum absolute atomic E-state index is 11.6. The van der Waals surface area contributed by atoms with Crippen LogP contribution >= 0.6 is 0 Å². The standard InChI is InChI=1S/C21H28N2O5/c1-12(2)5-17(20(24)25)23-18(21(26)27)10-16-11-28-19(22-16)9-15-7-13(3)6-14(4)8-15/h6-8,11-12,17-18,23H,5,9-10H2,1-4H3,(H,24,25)(H,26,27)/t17-,18-/m0/s1. The molecule has 0 radical (unpaired) electrons. The minimum Gasteiger partial charge on any atom is -0.480 e. The van der Waals surface area contributed by atoms with Gasteiger partial charge in [-0.2, -0.15) is 0 Å². The van der Waals surface area contributed by atoms with E-state index in [1.807, 2.05) is 27.7 Å². The third kappa shape index (κ3) is 6.49. The van der Waals surface area contributed by atoms with Crippen molar-refractivity contribution in [3.8, 4) is 0 Å². The number of benzene rings is 1. The van der Waals surface area contributed by atoms with Crippen LogP contribution in [-0.2, 0) is 22.4 Å². The van der Waals surface area contributed by atoms with Crippen molar-refractivity contribution >= 4 is 11.9 Å². The average molecular weight is 388 g/mol. The van der Waals surface area contributed by atoms with Gasteiger partial charge in [-0.25, -0.2) is 4.98 Å². The van der Waals surface area contributed by atoms with E-state index in [9.17, 15) is 19.8 Å². The molecule has 3 N–H and O–H groups in total. The van der Waals surface area contributed by atoms with Crippen LogP contribution in [0.1, 0.15) is 48.5 Å². The summed E-state index contributed by atoms with van der Waals surface area (Å²) in [6.45, 7) is 7.84. The molecule has 0 saturated heterocycles. The quantitative estimate of drug-likeness (QED) is 0.573. The van der Waals surface area contributed by atoms with Gasteiger partial charge in [0.05, 0.1) is 5.69 Å². The number of aryl methyl sites for hydroxylation is 2. The summed E-state index contributed by atoms with van der Waals surface area (Å²) in [5, 5.41) is 21.6. The van der Waals surface area contributed by atoms with Gasteiger partial charge >= 0.3 is 11.9 Å². The Hall–Kier alpha value is -2.67. The Balaban J connectivity index is 2.07. The monoisotopic (exact) mass is 388 g/mol. The van der Waals surface area contributed by atoms with Crippen molar-refractivity contribution in [3.63, 3.8) is 0 Å². The first-order valence-electron chi connectivity index (χ1n) is 9.36. The Morgan fingerprint density at radius 3 is 2.21 bits per heavy atom. The molecule has 28 heavy (non-hydrogen) atoms. The minimum atomic E-state index is -1.12. The molecule has 1 aromatic carbocycles. The number of oxazole rings is 1. The van der Waals surface area contributed by atoms with Crippen LogP contribution < -0.4 is 5.32 Å². The van der Waals surface area contributed by atoms with Crippen LogP contribution in [0.5, 0.6) is 0 Å². The SMILES string of the molecule is Cc1cc(C)cc(Cc2nc(C[C@H](N[C@@H](CC(C)C)C(=O)O)C(=O)O)co2)c1. The highest BCUT2D eigenvalue weighted by molar-refractivity contribution is 5.77. The molecule has 0 saturated carbocycles. The molecule has 0 bridgehead atoms. The van der Waals surface area contributed by atoms with Crippen molar-refractivity contribution in [1.29, 1.82) is 0 Å². The zero-order valence-corrected chi connectivity index (χ0v) is 16.7. The molecule has 2 rings (SSSR count). The number of hydrogen-bond acceptors (Lipinski definition) is 5. The van der Waals surface area contributed by atoms with Crippen LogP contribution in [0, 0.1) is 19.8 Å². The highest BCUT2D eigenvalue weighted by Crippen LogP contribution is 2.15. The average Bonchev–Trinajstić information content (AvgIpc) is 2.98. The predicted molar refractivity (Wildman–Crippen MR) is 104 cm³/mol. The summed E-state index contributed by atoms with van der Waals surface area (Å²) < 4.78 is 5.50. The summed E-state index contributed by atoms with van der Waals surface area (Å²) in [7, 11) is 0. The minimum absolute atomic E-state index is 0.0492. The summed E-state index contributed by atoms with van der Waals surface area (Å²) in [5.41, 5.74) is 3.86. The molecule has 7 heteroatoms. The number of carboxylic acids is 2.